The number of methoxy groups -OCH3 is 1. The first-order chi connectivity index (χ1) is 8.26. The number of rotatable bonds is 3. The molecule has 2 aromatic rings. The minimum absolute atomic E-state index is 0.679. The summed E-state index contributed by atoms with van der Waals surface area (Å²) in [6.07, 6.45) is 1.77. The second-order valence-corrected chi connectivity index (χ2v) is 4.05. The molecule has 0 saturated carbocycles. The maximum Gasteiger partial charge on any atom is 0.127 e. The molecule has 0 atom stereocenters. The van der Waals surface area contributed by atoms with Gasteiger partial charge in [-0.15, -0.1) is 0 Å². The average Bonchev–Trinajstić information content (AvgIpc) is 2.39. The van der Waals surface area contributed by atoms with Crippen LogP contribution in [0, 0.1) is 0 Å². The van der Waals surface area contributed by atoms with Crippen LogP contribution in [0.5, 0.6) is 5.75 Å². The Hall–Kier alpha value is -1.73. The van der Waals surface area contributed by atoms with Crippen LogP contribution in [-0.4, -0.2) is 7.11 Å². The largest absolute Gasteiger partial charge is 0.496 e. The molecule has 0 aliphatic carbocycles. The van der Waals surface area contributed by atoms with E-state index in [0.29, 0.717) is 5.02 Å². The molecule has 0 aliphatic rings. The predicted octanol–water partition coefficient (Wildman–Crippen LogP) is 4.66. The first-order valence-electron chi connectivity index (χ1n) is 5.31. The summed E-state index contributed by atoms with van der Waals surface area (Å²) in [6.45, 7) is 3.78. The average molecular weight is 245 g/mol. The standard InChI is InChI=1S/C15H13ClO/c1-3-11-9-13(12-7-5-4-6-8-12)14(16)10-15(11)17-2/h3-10H,1H2,2H3. The Morgan fingerprint density at radius 1 is 1.18 bits per heavy atom. The molecule has 2 heteroatoms. The van der Waals surface area contributed by atoms with E-state index < -0.39 is 0 Å². The van der Waals surface area contributed by atoms with Crippen LogP contribution in [0.3, 0.4) is 0 Å². The van der Waals surface area contributed by atoms with Crippen LogP contribution >= 0.6 is 11.6 Å². The lowest BCUT2D eigenvalue weighted by atomic mass is 10.0. The molecule has 0 amide bonds. The van der Waals surface area contributed by atoms with Crippen LogP contribution in [0.4, 0.5) is 0 Å². The molecule has 2 aromatic carbocycles. The SMILES string of the molecule is C=Cc1cc(-c2ccccc2)c(Cl)cc1OC. The highest BCUT2D eigenvalue weighted by atomic mass is 35.5. The van der Waals surface area contributed by atoms with Gasteiger partial charge in [-0.1, -0.05) is 54.6 Å². The Kier molecular flexibility index (Phi) is 3.50. The highest BCUT2D eigenvalue weighted by Crippen LogP contribution is 2.34. The smallest absolute Gasteiger partial charge is 0.127 e. The third kappa shape index (κ3) is 2.34. The summed E-state index contributed by atoms with van der Waals surface area (Å²) in [5, 5.41) is 0.679. The van der Waals surface area contributed by atoms with E-state index in [-0.39, 0.29) is 0 Å². The summed E-state index contributed by atoms with van der Waals surface area (Å²) >= 11 is 6.26. The molecule has 86 valence electrons. The van der Waals surface area contributed by atoms with E-state index >= 15 is 0 Å². The number of benzene rings is 2. The fourth-order valence-corrected chi connectivity index (χ4v) is 2.01. The van der Waals surface area contributed by atoms with Gasteiger partial charge in [-0.05, 0) is 17.7 Å². The van der Waals surface area contributed by atoms with Crippen molar-refractivity contribution in [1.29, 1.82) is 0 Å². The fraction of sp³-hybridized carbons (Fsp3) is 0.0667. The Labute approximate surface area is 106 Å². The first kappa shape index (κ1) is 11.7. The molecule has 1 nitrogen and oxygen atoms in total. The summed E-state index contributed by atoms with van der Waals surface area (Å²) in [6, 6.07) is 13.8. The van der Waals surface area contributed by atoms with E-state index in [4.69, 9.17) is 16.3 Å². The van der Waals surface area contributed by atoms with Gasteiger partial charge in [0.25, 0.3) is 0 Å². The molecule has 0 N–H and O–H groups in total. The predicted molar refractivity (Wildman–Crippen MR) is 73.5 cm³/mol. The molecule has 0 heterocycles. The normalized spacial score (nSPS) is 10.0. The van der Waals surface area contributed by atoms with Gasteiger partial charge in [-0.3, -0.25) is 0 Å². The van der Waals surface area contributed by atoms with Gasteiger partial charge < -0.3 is 4.74 Å². The van der Waals surface area contributed by atoms with Crippen LogP contribution in [0.15, 0.2) is 49.0 Å². The highest BCUT2D eigenvalue weighted by molar-refractivity contribution is 6.33. The minimum atomic E-state index is 0.679. The molecule has 0 saturated heterocycles. The Balaban J connectivity index is 2.59. The van der Waals surface area contributed by atoms with Crippen LogP contribution in [0.2, 0.25) is 5.02 Å². The number of halogens is 1. The first-order valence-corrected chi connectivity index (χ1v) is 5.69. The van der Waals surface area contributed by atoms with Crippen molar-refractivity contribution in [3.63, 3.8) is 0 Å². The second kappa shape index (κ2) is 5.07. The summed E-state index contributed by atoms with van der Waals surface area (Å²) in [7, 11) is 1.63. The Morgan fingerprint density at radius 2 is 1.88 bits per heavy atom. The van der Waals surface area contributed by atoms with Gasteiger partial charge in [0.2, 0.25) is 0 Å². The lowest BCUT2D eigenvalue weighted by molar-refractivity contribution is 0.414. The van der Waals surface area contributed by atoms with Crippen molar-refractivity contribution in [2.24, 2.45) is 0 Å². The minimum Gasteiger partial charge on any atom is -0.496 e. The number of ether oxygens (including phenoxy) is 1. The maximum atomic E-state index is 6.26. The summed E-state index contributed by atoms with van der Waals surface area (Å²) in [4.78, 5) is 0. The van der Waals surface area contributed by atoms with Crippen LogP contribution < -0.4 is 4.74 Å². The number of hydrogen-bond donors (Lipinski definition) is 0. The summed E-state index contributed by atoms with van der Waals surface area (Å²) in [5.74, 6) is 0.740. The Morgan fingerprint density at radius 3 is 2.47 bits per heavy atom. The third-order valence-corrected chi connectivity index (χ3v) is 2.94. The lowest BCUT2D eigenvalue weighted by Gasteiger charge is -2.10. The zero-order valence-electron chi connectivity index (χ0n) is 9.61. The highest BCUT2D eigenvalue weighted by Gasteiger charge is 2.08. The third-order valence-electron chi connectivity index (χ3n) is 2.62. The van der Waals surface area contributed by atoms with E-state index in [9.17, 15) is 0 Å². The molecule has 0 fully saturated rings. The maximum absolute atomic E-state index is 6.26. The van der Waals surface area contributed by atoms with E-state index in [2.05, 4.69) is 6.58 Å². The van der Waals surface area contributed by atoms with Gasteiger partial charge in [0.05, 0.1) is 12.1 Å². The molecule has 0 aliphatic heterocycles. The van der Waals surface area contributed by atoms with Crippen molar-refractivity contribution < 1.29 is 4.74 Å². The molecular formula is C15H13ClO. The van der Waals surface area contributed by atoms with Crippen LogP contribution in [0.25, 0.3) is 17.2 Å². The lowest BCUT2D eigenvalue weighted by Crippen LogP contribution is -1.89. The fourth-order valence-electron chi connectivity index (χ4n) is 1.75. The van der Waals surface area contributed by atoms with Crippen molar-refractivity contribution in [2.45, 2.75) is 0 Å². The van der Waals surface area contributed by atoms with E-state index in [1.807, 2.05) is 42.5 Å². The van der Waals surface area contributed by atoms with Crippen molar-refractivity contribution >= 4 is 17.7 Å². The zero-order chi connectivity index (χ0) is 12.3. The van der Waals surface area contributed by atoms with E-state index in [0.717, 1.165) is 22.4 Å². The van der Waals surface area contributed by atoms with Crippen molar-refractivity contribution in [1.82, 2.24) is 0 Å². The van der Waals surface area contributed by atoms with Crippen LogP contribution in [0.1, 0.15) is 5.56 Å². The van der Waals surface area contributed by atoms with Gasteiger partial charge >= 0.3 is 0 Å². The van der Waals surface area contributed by atoms with Crippen LogP contribution in [-0.2, 0) is 0 Å². The summed E-state index contributed by atoms with van der Waals surface area (Å²) in [5.41, 5.74) is 3.02. The van der Waals surface area contributed by atoms with Gasteiger partial charge in [0.1, 0.15) is 5.75 Å². The van der Waals surface area contributed by atoms with Crippen molar-refractivity contribution in [3.05, 3.63) is 59.6 Å². The molecule has 0 aromatic heterocycles. The zero-order valence-corrected chi connectivity index (χ0v) is 10.4. The molecule has 0 spiro atoms. The Bertz CT molecular complexity index is 532. The van der Waals surface area contributed by atoms with E-state index in [1.165, 1.54) is 0 Å². The van der Waals surface area contributed by atoms with Gasteiger partial charge in [0, 0.05) is 11.1 Å². The van der Waals surface area contributed by atoms with E-state index in [1.54, 1.807) is 13.2 Å². The van der Waals surface area contributed by atoms with Crippen molar-refractivity contribution in [2.75, 3.05) is 7.11 Å². The van der Waals surface area contributed by atoms with Crippen molar-refractivity contribution in [3.8, 4) is 16.9 Å². The molecule has 0 bridgehead atoms. The topological polar surface area (TPSA) is 9.23 Å². The summed E-state index contributed by atoms with van der Waals surface area (Å²) < 4.78 is 5.25. The van der Waals surface area contributed by atoms with Gasteiger partial charge in [-0.25, -0.2) is 0 Å². The van der Waals surface area contributed by atoms with Gasteiger partial charge in [0.15, 0.2) is 0 Å². The van der Waals surface area contributed by atoms with Gasteiger partial charge in [-0.2, -0.15) is 0 Å². The molecule has 2 rings (SSSR count). The second-order valence-electron chi connectivity index (χ2n) is 3.64. The molecule has 0 radical (unpaired) electrons. The molecule has 17 heavy (non-hydrogen) atoms. The molecular weight excluding hydrogens is 232 g/mol. The number of hydrogen-bond acceptors (Lipinski definition) is 1. The monoisotopic (exact) mass is 244 g/mol. The quantitative estimate of drug-likeness (QED) is 0.763. The molecule has 0 unspecified atom stereocenters.